The summed E-state index contributed by atoms with van der Waals surface area (Å²) in [6.45, 7) is 4.90. The number of hydrogen-bond donors (Lipinski definition) is 3. The van der Waals surface area contributed by atoms with Crippen molar-refractivity contribution < 1.29 is 24.5 Å². The van der Waals surface area contributed by atoms with E-state index in [0.717, 1.165) is 44.9 Å². The summed E-state index contributed by atoms with van der Waals surface area (Å²) in [6.07, 6.45) is 82.8. The number of unbranched alkanes of at least 4 members (excludes halogenated alkanes) is 52. The van der Waals surface area contributed by atoms with Gasteiger partial charge in [-0.05, 0) is 57.8 Å². The van der Waals surface area contributed by atoms with Crippen LogP contribution in [0.1, 0.15) is 386 Å². The van der Waals surface area contributed by atoms with E-state index in [4.69, 9.17) is 4.74 Å². The summed E-state index contributed by atoms with van der Waals surface area (Å²) in [5.41, 5.74) is 0. The van der Waals surface area contributed by atoms with Crippen molar-refractivity contribution in [1.82, 2.24) is 5.32 Å². The molecule has 0 saturated heterocycles. The lowest BCUT2D eigenvalue weighted by molar-refractivity contribution is -0.143. The molecule has 0 spiro atoms. The molecule has 0 fully saturated rings. The molecule has 0 aliphatic rings. The van der Waals surface area contributed by atoms with Crippen LogP contribution in [0.4, 0.5) is 0 Å². The zero-order chi connectivity index (χ0) is 55.0. The lowest BCUT2D eigenvalue weighted by Gasteiger charge is -2.20. The molecule has 0 bridgehead atoms. The maximum absolute atomic E-state index is 12.4. The van der Waals surface area contributed by atoms with E-state index in [1.54, 1.807) is 6.08 Å². The van der Waals surface area contributed by atoms with Gasteiger partial charge in [0.15, 0.2) is 0 Å². The van der Waals surface area contributed by atoms with Crippen molar-refractivity contribution in [2.75, 3.05) is 13.2 Å². The molecule has 450 valence electrons. The fourth-order valence-electron chi connectivity index (χ4n) is 10.9. The second-order valence-electron chi connectivity index (χ2n) is 23.9. The zero-order valence-electron chi connectivity index (χ0n) is 51.5. The average Bonchev–Trinajstić information content (AvgIpc) is 3.42. The molecule has 6 nitrogen and oxygen atoms in total. The Morgan fingerprint density at radius 3 is 0.934 bits per heavy atom. The zero-order valence-corrected chi connectivity index (χ0v) is 51.5. The van der Waals surface area contributed by atoms with Crippen molar-refractivity contribution in [2.45, 2.75) is 398 Å². The van der Waals surface area contributed by atoms with E-state index < -0.39 is 12.1 Å². The smallest absolute Gasteiger partial charge is 0.305 e. The Morgan fingerprint density at radius 2 is 0.618 bits per heavy atom. The molecule has 76 heavy (non-hydrogen) atoms. The van der Waals surface area contributed by atoms with E-state index >= 15 is 0 Å². The van der Waals surface area contributed by atoms with Crippen LogP contribution in [0.5, 0.6) is 0 Å². The largest absolute Gasteiger partial charge is 0.466 e. The number of aliphatic hydroxyl groups is 2. The number of ether oxygens (including phenoxy) is 1. The molecule has 0 rings (SSSR count). The highest BCUT2D eigenvalue weighted by Gasteiger charge is 2.18. The maximum atomic E-state index is 12.4. The van der Waals surface area contributed by atoms with Gasteiger partial charge in [0, 0.05) is 12.8 Å². The third-order valence-corrected chi connectivity index (χ3v) is 16.2. The topological polar surface area (TPSA) is 95.9 Å². The van der Waals surface area contributed by atoms with Crippen LogP contribution in [0.3, 0.4) is 0 Å². The average molecular weight is 1070 g/mol. The molecule has 0 aliphatic carbocycles. The molecule has 0 heterocycles. The van der Waals surface area contributed by atoms with E-state index in [0.29, 0.717) is 19.4 Å². The van der Waals surface area contributed by atoms with Crippen LogP contribution >= 0.6 is 0 Å². The Bertz CT molecular complexity index is 1190. The molecule has 6 heteroatoms. The number of allylic oxidation sites excluding steroid dienone is 3. The van der Waals surface area contributed by atoms with Gasteiger partial charge in [0.05, 0.1) is 25.4 Å². The van der Waals surface area contributed by atoms with Gasteiger partial charge in [0.1, 0.15) is 0 Å². The van der Waals surface area contributed by atoms with Crippen molar-refractivity contribution in [1.29, 1.82) is 0 Å². The second kappa shape index (κ2) is 65.9. The summed E-state index contributed by atoms with van der Waals surface area (Å²) in [4.78, 5) is 24.5. The first-order valence-corrected chi connectivity index (χ1v) is 34.6. The monoisotopic (exact) mass is 1070 g/mol. The molecule has 1 amide bonds. The Labute approximate surface area is 475 Å². The first-order valence-electron chi connectivity index (χ1n) is 34.6. The molecule has 0 saturated carbocycles. The first-order chi connectivity index (χ1) is 37.5. The quantitative estimate of drug-likeness (QED) is 0.0320. The highest BCUT2D eigenvalue weighted by atomic mass is 16.5. The number of aliphatic hydroxyl groups excluding tert-OH is 2. The van der Waals surface area contributed by atoms with Gasteiger partial charge in [0.2, 0.25) is 5.91 Å². The predicted molar refractivity (Wildman–Crippen MR) is 333 cm³/mol. The van der Waals surface area contributed by atoms with Crippen LogP contribution in [-0.2, 0) is 14.3 Å². The summed E-state index contributed by atoms with van der Waals surface area (Å²) in [5, 5.41) is 23.0. The van der Waals surface area contributed by atoms with E-state index in [1.165, 1.54) is 315 Å². The molecule has 0 aliphatic heterocycles. The van der Waals surface area contributed by atoms with Gasteiger partial charge < -0.3 is 20.3 Å². The van der Waals surface area contributed by atoms with Gasteiger partial charge in [-0.3, -0.25) is 9.59 Å². The van der Waals surface area contributed by atoms with E-state index in [9.17, 15) is 19.8 Å². The van der Waals surface area contributed by atoms with Crippen molar-refractivity contribution in [2.24, 2.45) is 0 Å². The molecule has 3 N–H and O–H groups in total. The summed E-state index contributed by atoms with van der Waals surface area (Å²) < 4.78 is 5.51. The van der Waals surface area contributed by atoms with E-state index in [-0.39, 0.29) is 18.5 Å². The van der Waals surface area contributed by atoms with E-state index in [1.807, 2.05) is 6.08 Å². The number of carbonyl (C=O) groups is 2. The van der Waals surface area contributed by atoms with Crippen LogP contribution in [0.2, 0.25) is 0 Å². The number of carbonyl (C=O) groups excluding carboxylic acids is 2. The minimum absolute atomic E-state index is 0.0185. The summed E-state index contributed by atoms with van der Waals surface area (Å²) in [5.74, 6) is -0.0462. The Kier molecular flexibility index (Phi) is 64.4. The van der Waals surface area contributed by atoms with E-state index in [2.05, 4.69) is 31.3 Å². The van der Waals surface area contributed by atoms with Crippen molar-refractivity contribution in [3.63, 3.8) is 0 Å². The number of hydrogen-bond acceptors (Lipinski definition) is 5. The molecule has 0 radical (unpaired) electrons. The summed E-state index contributed by atoms with van der Waals surface area (Å²) in [7, 11) is 0. The highest BCUT2D eigenvalue weighted by Crippen LogP contribution is 2.19. The third kappa shape index (κ3) is 61.6. The summed E-state index contributed by atoms with van der Waals surface area (Å²) >= 11 is 0. The molecule has 2 atom stereocenters. The molecular weight excluding hydrogens is 935 g/mol. The van der Waals surface area contributed by atoms with Crippen LogP contribution in [0.15, 0.2) is 24.3 Å². The Morgan fingerprint density at radius 1 is 0.355 bits per heavy atom. The van der Waals surface area contributed by atoms with Gasteiger partial charge in [-0.2, -0.15) is 0 Å². The summed E-state index contributed by atoms with van der Waals surface area (Å²) in [6, 6.07) is -0.622. The standard InChI is InChI=1S/C70H135NO5/c1-3-5-7-9-11-13-14-15-16-17-35-38-41-44-48-52-56-60-64-70(75)76-65-61-57-53-49-45-42-39-36-33-31-29-27-25-23-21-19-18-20-22-24-26-28-30-32-34-37-40-43-47-51-55-59-63-69(74)71-67(66-72)68(73)62-58-54-50-46-12-10-8-6-4-2/h16-17,58,62,67-68,72-73H,3-15,18-57,59-61,63-66H2,1-2H3,(H,71,74)/b17-16-,62-58+. The van der Waals surface area contributed by atoms with Crippen LogP contribution in [0, 0.1) is 0 Å². The molecule has 0 aromatic carbocycles. The Balaban J connectivity index is 3.29. The third-order valence-electron chi connectivity index (χ3n) is 16.2. The van der Waals surface area contributed by atoms with Gasteiger partial charge in [-0.15, -0.1) is 0 Å². The van der Waals surface area contributed by atoms with Crippen LogP contribution in [-0.4, -0.2) is 47.4 Å². The van der Waals surface area contributed by atoms with Gasteiger partial charge in [-0.25, -0.2) is 0 Å². The molecule has 2 unspecified atom stereocenters. The van der Waals surface area contributed by atoms with Crippen LogP contribution in [0.25, 0.3) is 0 Å². The minimum atomic E-state index is -0.838. The second-order valence-corrected chi connectivity index (χ2v) is 23.9. The minimum Gasteiger partial charge on any atom is -0.466 e. The number of esters is 1. The number of rotatable bonds is 65. The lowest BCUT2D eigenvalue weighted by atomic mass is 10.0. The highest BCUT2D eigenvalue weighted by molar-refractivity contribution is 5.76. The normalized spacial score (nSPS) is 12.6. The first kappa shape index (κ1) is 74.3. The van der Waals surface area contributed by atoms with Crippen LogP contribution < -0.4 is 5.32 Å². The molecule has 0 aromatic rings. The van der Waals surface area contributed by atoms with Gasteiger partial charge >= 0.3 is 5.97 Å². The van der Waals surface area contributed by atoms with Crippen molar-refractivity contribution in [3.8, 4) is 0 Å². The predicted octanol–water partition coefficient (Wildman–Crippen LogP) is 22.1. The van der Waals surface area contributed by atoms with Crippen molar-refractivity contribution >= 4 is 11.9 Å². The van der Waals surface area contributed by atoms with Gasteiger partial charge in [0.25, 0.3) is 0 Å². The molecule has 0 aromatic heterocycles. The molecular formula is C70H135NO5. The van der Waals surface area contributed by atoms with Gasteiger partial charge in [-0.1, -0.05) is 340 Å². The lowest BCUT2D eigenvalue weighted by Crippen LogP contribution is -2.45. The fraction of sp³-hybridized carbons (Fsp3) is 0.914. The number of nitrogens with one attached hydrogen (secondary N) is 1. The Hall–Kier alpha value is -1.66. The maximum Gasteiger partial charge on any atom is 0.305 e. The number of amides is 1. The SMILES string of the molecule is CCCCCCCCC/C=C\CCCCCCCCCC(=O)OCCCCCCCCCCCCCCCCCCCCCCCCCCCCCCCCCCC(=O)NC(CO)C(O)/C=C/CCCCCCCCC. The fourth-order valence-corrected chi connectivity index (χ4v) is 10.9. The van der Waals surface area contributed by atoms with Crippen molar-refractivity contribution in [3.05, 3.63) is 24.3 Å².